The number of thiocarbonyl (C=S) groups is 1. The predicted molar refractivity (Wildman–Crippen MR) is 100 cm³/mol. The van der Waals surface area contributed by atoms with Crippen LogP contribution in [0.25, 0.3) is 0 Å². The molecule has 3 rings (SSSR count). The molecule has 0 spiro atoms. The van der Waals surface area contributed by atoms with E-state index < -0.39 is 0 Å². The van der Waals surface area contributed by atoms with Crippen molar-refractivity contribution in [2.75, 3.05) is 25.1 Å². The highest BCUT2D eigenvalue weighted by atomic mass is 32.1. The summed E-state index contributed by atoms with van der Waals surface area (Å²) in [5.41, 5.74) is 2.94. The first-order valence-electron chi connectivity index (χ1n) is 8.20. The number of aryl methyl sites for hydroxylation is 1. The molecule has 1 aliphatic rings. The van der Waals surface area contributed by atoms with Crippen molar-refractivity contribution in [2.24, 2.45) is 0 Å². The standard InChI is InChI=1S/C19H22FN3S/c1-15-6-4-8-17(12-15)21-19(24)23-11-5-10-22(14-23)13-16-7-2-3-9-18(16)20/h2-4,6-9,12H,5,10-11,13-14H2,1H3,(H,21,24). The number of rotatable bonds is 3. The fourth-order valence-corrected chi connectivity index (χ4v) is 3.22. The number of nitrogens with one attached hydrogen (secondary N) is 1. The summed E-state index contributed by atoms with van der Waals surface area (Å²) in [6.07, 6.45) is 1.02. The second-order valence-electron chi connectivity index (χ2n) is 6.20. The van der Waals surface area contributed by atoms with Crippen molar-refractivity contribution in [3.8, 4) is 0 Å². The molecule has 24 heavy (non-hydrogen) atoms. The van der Waals surface area contributed by atoms with Crippen molar-refractivity contribution in [1.82, 2.24) is 9.80 Å². The van der Waals surface area contributed by atoms with E-state index in [2.05, 4.69) is 34.2 Å². The van der Waals surface area contributed by atoms with Crippen LogP contribution in [0.3, 0.4) is 0 Å². The highest BCUT2D eigenvalue weighted by Gasteiger charge is 2.20. The molecule has 1 heterocycles. The Morgan fingerprint density at radius 2 is 2.00 bits per heavy atom. The lowest BCUT2D eigenvalue weighted by molar-refractivity contribution is 0.132. The maximum absolute atomic E-state index is 13.8. The van der Waals surface area contributed by atoms with Crippen LogP contribution in [0.2, 0.25) is 0 Å². The highest BCUT2D eigenvalue weighted by molar-refractivity contribution is 7.80. The van der Waals surface area contributed by atoms with Gasteiger partial charge in [-0.15, -0.1) is 0 Å². The van der Waals surface area contributed by atoms with Gasteiger partial charge in [0.2, 0.25) is 0 Å². The third-order valence-corrected chi connectivity index (χ3v) is 4.54. The molecule has 0 aromatic heterocycles. The molecule has 0 bridgehead atoms. The summed E-state index contributed by atoms with van der Waals surface area (Å²) < 4.78 is 13.8. The first-order chi connectivity index (χ1) is 11.6. The Morgan fingerprint density at radius 1 is 1.17 bits per heavy atom. The Hall–Kier alpha value is -1.98. The van der Waals surface area contributed by atoms with Crippen LogP contribution in [0.15, 0.2) is 48.5 Å². The normalized spacial score (nSPS) is 15.3. The Balaban J connectivity index is 1.60. The summed E-state index contributed by atoms with van der Waals surface area (Å²) in [5, 5.41) is 4.03. The van der Waals surface area contributed by atoms with Crippen molar-refractivity contribution in [2.45, 2.75) is 19.9 Å². The van der Waals surface area contributed by atoms with E-state index in [-0.39, 0.29) is 5.82 Å². The van der Waals surface area contributed by atoms with Gasteiger partial charge < -0.3 is 10.2 Å². The van der Waals surface area contributed by atoms with E-state index >= 15 is 0 Å². The first-order valence-corrected chi connectivity index (χ1v) is 8.61. The van der Waals surface area contributed by atoms with E-state index in [1.54, 1.807) is 6.07 Å². The van der Waals surface area contributed by atoms with Crippen LogP contribution in [0, 0.1) is 12.7 Å². The van der Waals surface area contributed by atoms with Gasteiger partial charge in [-0.25, -0.2) is 4.39 Å². The molecule has 0 aliphatic carbocycles. The number of benzene rings is 2. The Kier molecular flexibility index (Phi) is 5.43. The second-order valence-corrected chi connectivity index (χ2v) is 6.59. The van der Waals surface area contributed by atoms with Crippen molar-refractivity contribution >= 4 is 23.0 Å². The fraction of sp³-hybridized carbons (Fsp3) is 0.316. The van der Waals surface area contributed by atoms with Crippen LogP contribution in [-0.4, -0.2) is 34.7 Å². The molecule has 3 nitrogen and oxygen atoms in total. The molecule has 0 amide bonds. The lowest BCUT2D eigenvalue weighted by atomic mass is 10.2. The molecule has 5 heteroatoms. The SMILES string of the molecule is Cc1cccc(NC(=S)N2CCCN(Cc3ccccc3F)C2)c1. The van der Waals surface area contributed by atoms with Crippen molar-refractivity contribution in [1.29, 1.82) is 0 Å². The van der Waals surface area contributed by atoms with Crippen LogP contribution >= 0.6 is 12.2 Å². The van der Waals surface area contributed by atoms with Gasteiger partial charge in [-0.05, 0) is 49.3 Å². The van der Waals surface area contributed by atoms with Gasteiger partial charge in [0.15, 0.2) is 5.11 Å². The van der Waals surface area contributed by atoms with Crippen LogP contribution < -0.4 is 5.32 Å². The fourth-order valence-electron chi connectivity index (χ4n) is 2.96. The summed E-state index contributed by atoms with van der Waals surface area (Å²) in [5.74, 6) is -0.143. The molecule has 0 radical (unpaired) electrons. The molecule has 126 valence electrons. The smallest absolute Gasteiger partial charge is 0.174 e. The summed E-state index contributed by atoms with van der Waals surface area (Å²) >= 11 is 5.56. The van der Waals surface area contributed by atoms with Crippen LogP contribution in [0.4, 0.5) is 10.1 Å². The molecule has 2 aromatic rings. The molecular weight excluding hydrogens is 321 g/mol. The van der Waals surface area contributed by atoms with Gasteiger partial charge >= 0.3 is 0 Å². The van der Waals surface area contributed by atoms with Gasteiger partial charge in [0.05, 0.1) is 6.67 Å². The quantitative estimate of drug-likeness (QED) is 0.849. The zero-order valence-corrected chi connectivity index (χ0v) is 14.7. The topological polar surface area (TPSA) is 18.5 Å². The van der Waals surface area contributed by atoms with E-state index in [9.17, 15) is 4.39 Å². The molecule has 2 aromatic carbocycles. The molecular formula is C19H22FN3S. The average molecular weight is 343 g/mol. The van der Waals surface area contributed by atoms with Crippen LogP contribution in [0.1, 0.15) is 17.5 Å². The second kappa shape index (κ2) is 7.73. The molecule has 1 N–H and O–H groups in total. The third-order valence-electron chi connectivity index (χ3n) is 4.18. The zero-order valence-electron chi connectivity index (χ0n) is 13.8. The molecule has 0 unspecified atom stereocenters. The summed E-state index contributed by atoms with van der Waals surface area (Å²) in [7, 11) is 0. The number of hydrogen-bond acceptors (Lipinski definition) is 2. The molecule has 0 atom stereocenters. The minimum atomic E-state index is -0.143. The number of anilines is 1. The van der Waals surface area contributed by atoms with E-state index in [0.717, 1.165) is 35.9 Å². The van der Waals surface area contributed by atoms with Gasteiger partial charge in [0.1, 0.15) is 5.82 Å². The Labute approximate surface area is 148 Å². The Bertz CT molecular complexity index is 719. The summed E-state index contributed by atoms with van der Waals surface area (Å²) in [4.78, 5) is 4.37. The van der Waals surface area contributed by atoms with E-state index in [1.807, 2.05) is 24.3 Å². The van der Waals surface area contributed by atoms with Crippen LogP contribution in [-0.2, 0) is 6.54 Å². The summed E-state index contributed by atoms with van der Waals surface area (Å²) in [6.45, 7) is 5.26. The van der Waals surface area contributed by atoms with E-state index in [1.165, 1.54) is 11.6 Å². The highest BCUT2D eigenvalue weighted by Crippen LogP contribution is 2.16. The van der Waals surface area contributed by atoms with Crippen molar-refractivity contribution in [3.05, 3.63) is 65.5 Å². The van der Waals surface area contributed by atoms with Crippen molar-refractivity contribution in [3.63, 3.8) is 0 Å². The molecule has 0 saturated carbocycles. The van der Waals surface area contributed by atoms with Gasteiger partial charge in [0.25, 0.3) is 0 Å². The van der Waals surface area contributed by atoms with Crippen molar-refractivity contribution < 1.29 is 4.39 Å². The van der Waals surface area contributed by atoms with Gasteiger partial charge in [0, 0.05) is 30.9 Å². The minimum Gasteiger partial charge on any atom is -0.336 e. The predicted octanol–water partition coefficient (Wildman–Crippen LogP) is 4.00. The van der Waals surface area contributed by atoms with E-state index in [4.69, 9.17) is 12.2 Å². The number of halogens is 1. The monoisotopic (exact) mass is 343 g/mol. The maximum atomic E-state index is 13.8. The largest absolute Gasteiger partial charge is 0.336 e. The van der Waals surface area contributed by atoms with Gasteiger partial charge in [-0.2, -0.15) is 0 Å². The molecule has 1 fully saturated rings. The third kappa shape index (κ3) is 4.30. The maximum Gasteiger partial charge on any atom is 0.174 e. The van der Waals surface area contributed by atoms with Gasteiger partial charge in [-0.3, -0.25) is 4.90 Å². The first kappa shape index (κ1) is 16.9. The van der Waals surface area contributed by atoms with Gasteiger partial charge in [-0.1, -0.05) is 30.3 Å². The lowest BCUT2D eigenvalue weighted by Gasteiger charge is -2.37. The molecule has 1 aliphatic heterocycles. The Morgan fingerprint density at radius 3 is 2.79 bits per heavy atom. The lowest BCUT2D eigenvalue weighted by Crippen LogP contribution is -2.48. The van der Waals surface area contributed by atoms with Crippen LogP contribution in [0.5, 0.6) is 0 Å². The molecule has 1 saturated heterocycles. The summed E-state index contributed by atoms with van der Waals surface area (Å²) in [6, 6.07) is 15.1. The van der Waals surface area contributed by atoms with E-state index in [0.29, 0.717) is 13.2 Å². The minimum absolute atomic E-state index is 0.143. The number of hydrogen-bond donors (Lipinski definition) is 1. The number of nitrogens with zero attached hydrogens (tertiary/aromatic N) is 2. The average Bonchev–Trinajstić information content (AvgIpc) is 2.57. The zero-order chi connectivity index (χ0) is 16.9.